The van der Waals surface area contributed by atoms with Crippen LogP contribution < -0.4 is 0 Å². The zero-order chi connectivity index (χ0) is 13.3. The Hall–Kier alpha value is -0.140. The standard InChI is InChI=1S/C13H19IN2OS/c1-10(2)11-5-3-4-6-12(11)13-9-18(15,17)8-7-16(13)14/h3-6,10,13,15H,7-9H2,1-2H3. The molecule has 2 atom stereocenters. The van der Waals surface area contributed by atoms with E-state index in [0.29, 0.717) is 17.4 Å². The summed E-state index contributed by atoms with van der Waals surface area (Å²) in [6, 6.07) is 8.46. The van der Waals surface area contributed by atoms with Crippen molar-refractivity contribution in [3.8, 4) is 0 Å². The van der Waals surface area contributed by atoms with Crippen molar-refractivity contribution in [1.82, 2.24) is 3.11 Å². The highest BCUT2D eigenvalue weighted by atomic mass is 127. The molecule has 1 aromatic carbocycles. The molecule has 1 aliphatic heterocycles. The highest BCUT2D eigenvalue weighted by molar-refractivity contribution is 14.1. The van der Waals surface area contributed by atoms with Crippen molar-refractivity contribution in [2.24, 2.45) is 0 Å². The van der Waals surface area contributed by atoms with Gasteiger partial charge in [-0.25, -0.2) is 7.32 Å². The van der Waals surface area contributed by atoms with E-state index in [9.17, 15) is 4.21 Å². The van der Waals surface area contributed by atoms with E-state index in [-0.39, 0.29) is 6.04 Å². The van der Waals surface area contributed by atoms with Gasteiger partial charge in [0.25, 0.3) is 0 Å². The molecule has 2 unspecified atom stereocenters. The van der Waals surface area contributed by atoms with Crippen molar-refractivity contribution >= 4 is 32.6 Å². The number of hydrogen-bond acceptors (Lipinski definition) is 3. The van der Waals surface area contributed by atoms with Gasteiger partial charge in [-0.05, 0) is 17.0 Å². The van der Waals surface area contributed by atoms with Crippen molar-refractivity contribution in [2.75, 3.05) is 18.1 Å². The molecule has 0 aliphatic carbocycles. The van der Waals surface area contributed by atoms with Crippen LogP contribution in [0, 0.1) is 4.78 Å². The van der Waals surface area contributed by atoms with E-state index in [0.717, 1.165) is 6.54 Å². The van der Waals surface area contributed by atoms with Crippen LogP contribution in [0.5, 0.6) is 0 Å². The van der Waals surface area contributed by atoms with E-state index in [4.69, 9.17) is 4.78 Å². The predicted octanol–water partition coefficient (Wildman–Crippen LogP) is 3.56. The summed E-state index contributed by atoms with van der Waals surface area (Å²) in [6.45, 7) is 5.09. The number of benzene rings is 1. The Kier molecular flexibility index (Phi) is 4.33. The first-order valence-electron chi connectivity index (χ1n) is 6.16. The Morgan fingerprint density at radius 3 is 2.78 bits per heavy atom. The highest BCUT2D eigenvalue weighted by Crippen LogP contribution is 2.34. The van der Waals surface area contributed by atoms with Gasteiger partial charge < -0.3 is 0 Å². The molecule has 0 radical (unpaired) electrons. The van der Waals surface area contributed by atoms with Gasteiger partial charge in [0.05, 0.1) is 11.8 Å². The summed E-state index contributed by atoms with van der Waals surface area (Å²) >= 11 is 2.30. The molecule has 0 bridgehead atoms. The molecular weight excluding hydrogens is 359 g/mol. The zero-order valence-corrected chi connectivity index (χ0v) is 13.7. The third kappa shape index (κ3) is 3.05. The van der Waals surface area contributed by atoms with Crippen LogP contribution in [0.4, 0.5) is 0 Å². The molecule has 100 valence electrons. The molecule has 1 heterocycles. The summed E-state index contributed by atoms with van der Waals surface area (Å²) in [4.78, 5) is 0. The summed E-state index contributed by atoms with van der Waals surface area (Å²) in [5.74, 6) is 1.41. The molecule has 1 fully saturated rings. The lowest BCUT2D eigenvalue weighted by molar-refractivity contribution is 0.420. The smallest absolute Gasteiger partial charge is 0.0570 e. The Morgan fingerprint density at radius 2 is 2.11 bits per heavy atom. The fourth-order valence-electron chi connectivity index (χ4n) is 2.39. The molecule has 1 aromatic rings. The molecule has 18 heavy (non-hydrogen) atoms. The molecule has 3 nitrogen and oxygen atoms in total. The molecule has 0 aromatic heterocycles. The number of rotatable bonds is 2. The average Bonchev–Trinajstić information content (AvgIpc) is 2.32. The van der Waals surface area contributed by atoms with Crippen LogP contribution in [-0.2, 0) is 9.73 Å². The summed E-state index contributed by atoms with van der Waals surface area (Å²) in [7, 11) is -2.40. The highest BCUT2D eigenvalue weighted by Gasteiger charge is 2.30. The topological polar surface area (TPSA) is 44.2 Å². The fourth-order valence-corrected chi connectivity index (χ4v) is 5.25. The molecule has 0 saturated carbocycles. The molecule has 1 aliphatic rings. The van der Waals surface area contributed by atoms with Gasteiger partial charge in [-0.2, -0.15) is 0 Å². The maximum absolute atomic E-state index is 12.1. The van der Waals surface area contributed by atoms with Crippen LogP contribution in [0.2, 0.25) is 0 Å². The Labute approximate surface area is 123 Å². The van der Waals surface area contributed by atoms with E-state index in [1.165, 1.54) is 11.1 Å². The molecule has 0 spiro atoms. The number of halogens is 1. The molecule has 1 saturated heterocycles. The maximum atomic E-state index is 12.1. The van der Waals surface area contributed by atoms with Crippen LogP contribution in [0.3, 0.4) is 0 Å². The van der Waals surface area contributed by atoms with Crippen LogP contribution in [-0.4, -0.2) is 25.4 Å². The minimum Gasteiger partial charge on any atom is -0.253 e. The van der Waals surface area contributed by atoms with Gasteiger partial charge >= 0.3 is 0 Å². The minimum absolute atomic E-state index is 0.114. The van der Waals surface area contributed by atoms with Crippen molar-refractivity contribution in [3.05, 3.63) is 35.4 Å². The largest absolute Gasteiger partial charge is 0.253 e. The molecule has 1 N–H and O–H groups in total. The van der Waals surface area contributed by atoms with E-state index < -0.39 is 9.73 Å². The first kappa shape index (κ1) is 14.3. The molecule has 0 amide bonds. The monoisotopic (exact) mass is 378 g/mol. The van der Waals surface area contributed by atoms with Crippen molar-refractivity contribution in [1.29, 1.82) is 4.78 Å². The quantitative estimate of drug-likeness (QED) is 0.632. The Morgan fingerprint density at radius 1 is 1.44 bits per heavy atom. The van der Waals surface area contributed by atoms with Crippen LogP contribution in [0.1, 0.15) is 36.9 Å². The van der Waals surface area contributed by atoms with Gasteiger partial charge in [-0.15, -0.1) is 0 Å². The second-order valence-corrected chi connectivity index (χ2v) is 8.71. The van der Waals surface area contributed by atoms with Crippen LogP contribution in [0.25, 0.3) is 0 Å². The summed E-state index contributed by atoms with van der Waals surface area (Å²) in [6.07, 6.45) is 0. The normalized spacial score (nSPS) is 29.7. The lowest BCUT2D eigenvalue weighted by Crippen LogP contribution is -2.37. The van der Waals surface area contributed by atoms with Crippen molar-refractivity contribution in [2.45, 2.75) is 25.8 Å². The third-order valence-corrected chi connectivity index (χ3v) is 6.23. The number of nitrogens with zero attached hydrogens (tertiary/aromatic N) is 1. The Bertz CT molecular complexity index is 528. The number of hydrogen-bond donors (Lipinski definition) is 1. The van der Waals surface area contributed by atoms with E-state index in [2.05, 4.69) is 58.0 Å². The van der Waals surface area contributed by atoms with Gasteiger partial charge in [-0.1, -0.05) is 38.1 Å². The average molecular weight is 378 g/mol. The number of nitrogens with one attached hydrogen (secondary N) is 1. The second-order valence-electron chi connectivity index (χ2n) is 5.11. The third-order valence-electron chi connectivity index (χ3n) is 3.38. The van der Waals surface area contributed by atoms with Crippen LogP contribution in [0.15, 0.2) is 24.3 Å². The van der Waals surface area contributed by atoms with Crippen molar-refractivity contribution < 1.29 is 4.21 Å². The van der Waals surface area contributed by atoms with Gasteiger partial charge in [0.15, 0.2) is 0 Å². The molecule has 5 heteroatoms. The SMILES string of the molecule is CC(C)c1ccccc1C1CS(=N)(=O)CCN1I. The lowest BCUT2D eigenvalue weighted by atomic mass is 9.93. The van der Waals surface area contributed by atoms with E-state index in [1.54, 1.807) is 0 Å². The first-order chi connectivity index (χ1) is 8.41. The Balaban J connectivity index is 2.41. The first-order valence-corrected chi connectivity index (χ1v) is 9.02. The predicted molar refractivity (Wildman–Crippen MR) is 84.6 cm³/mol. The lowest BCUT2D eigenvalue weighted by Gasteiger charge is -2.33. The maximum Gasteiger partial charge on any atom is 0.0570 e. The second kappa shape index (κ2) is 5.46. The van der Waals surface area contributed by atoms with Gasteiger partial charge in [-0.3, -0.25) is 4.78 Å². The van der Waals surface area contributed by atoms with Crippen LogP contribution >= 0.6 is 22.9 Å². The van der Waals surface area contributed by atoms with Gasteiger partial charge in [0.2, 0.25) is 0 Å². The summed E-state index contributed by atoms with van der Waals surface area (Å²) < 4.78 is 22.1. The van der Waals surface area contributed by atoms with E-state index in [1.807, 2.05) is 6.07 Å². The molecule has 2 rings (SSSR count). The van der Waals surface area contributed by atoms with Crippen molar-refractivity contribution in [3.63, 3.8) is 0 Å². The fraction of sp³-hybridized carbons (Fsp3) is 0.538. The van der Waals surface area contributed by atoms with Gasteiger partial charge in [0.1, 0.15) is 0 Å². The summed E-state index contributed by atoms with van der Waals surface area (Å²) in [5.41, 5.74) is 2.54. The zero-order valence-electron chi connectivity index (χ0n) is 10.7. The minimum atomic E-state index is -2.40. The summed E-state index contributed by atoms with van der Waals surface area (Å²) in [5, 5.41) is 0. The molecular formula is C13H19IN2OS. The van der Waals surface area contributed by atoms with Gasteiger partial charge in [0, 0.05) is 44.9 Å². The van der Waals surface area contributed by atoms with E-state index >= 15 is 0 Å².